The maximum absolute atomic E-state index is 13.0. The number of amides is 1. The van der Waals surface area contributed by atoms with E-state index in [1.165, 1.54) is 12.1 Å². The maximum Gasteiger partial charge on any atom is 0.409 e. The van der Waals surface area contributed by atoms with Crippen LogP contribution < -0.4 is 4.74 Å². The molecular formula is C26H34FNO7. The first-order valence-electron chi connectivity index (χ1n) is 11.7. The molecule has 35 heavy (non-hydrogen) atoms. The van der Waals surface area contributed by atoms with Crippen LogP contribution in [-0.4, -0.2) is 67.7 Å². The molecule has 0 fully saturated rings. The lowest BCUT2D eigenvalue weighted by molar-refractivity contribution is -0.149. The molecule has 0 radical (unpaired) electrons. The lowest BCUT2D eigenvalue weighted by Crippen LogP contribution is -2.36. The third-order valence-corrected chi connectivity index (χ3v) is 5.04. The average Bonchev–Trinajstić information content (AvgIpc) is 2.84. The summed E-state index contributed by atoms with van der Waals surface area (Å²) < 4.78 is 34.7. The molecule has 1 atom stereocenters. The number of hydrogen-bond donors (Lipinski definition) is 1. The first kappa shape index (κ1) is 28.1. The molecule has 2 aromatic rings. The van der Waals surface area contributed by atoms with Crippen molar-refractivity contribution in [3.8, 4) is 5.75 Å². The van der Waals surface area contributed by atoms with Gasteiger partial charge in [0.25, 0.3) is 0 Å². The van der Waals surface area contributed by atoms with Crippen molar-refractivity contribution in [3.05, 3.63) is 65.5 Å². The molecule has 1 amide bonds. The molecular weight excluding hydrogens is 457 g/mol. The van der Waals surface area contributed by atoms with Gasteiger partial charge in [0.15, 0.2) is 6.10 Å². The summed E-state index contributed by atoms with van der Waals surface area (Å²) in [5, 5.41) is 9.21. The van der Waals surface area contributed by atoms with Crippen LogP contribution in [0.2, 0.25) is 0 Å². The fraction of sp³-hybridized carbons (Fsp3) is 0.462. The first-order chi connectivity index (χ1) is 16.9. The largest absolute Gasteiger partial charge is 0.492 e. The summed E-state index contributed by atoms with van der Waals surface area (Å²) in [5.74, 6) is -0.666. The molecule has 9 heteroatoms. The van der Waals surface area contributed by atoms with E-state index in [1.807, 2.05) is 0 Å². The molecule has 0 aliphatic heterocycles. The third kappa shape index (κ3) is 10.7. The molecule has 192 valence electrons. The Hall–Kier alpha value is -3.17. The highest BCUT2D eigenvalue weighted by Gasteiger charge is 2.18. The molecule has 8 nitrogen and oxygen atoms in total. The minimum atomic E-state index is -0.993. The van der Waals surface area contributed by atoms with E-state index >= 15 is 0 Å². The van der Waals surface area contributed by atoms with Crippen molar-refractivity contribution in [2.24, 2.45) is 0 Å². The van der Waals surface area contributed by atoms with Crippen LogP contribution in [0.25, 0.3) is 0 Å². The first-order valence-corrected chi connectivity index (χ1v) is 11.7. The van der Waals surface area contributed by atoms with E-state index in [0.29, 0.717) is 45.1 Å². The van der Waals surface area contributed by atoms with Gasteiger partial charge in [-0.05, 0) is 55.7 Å². The van der Waals surface area contributed by atoms with E-state index in [0.717, 1.165) is 11.1 Å². The molecule has 0 bridgehead atoms. The molecule has 0 saturated carbocycles. The predicted molar refractivity (Wildman–Crippen MR) is 128 cm³/mol. The number of benzene rings is 2. The molecule has 0 aliphatic carbocycles. The highest BCUT2D eigenvalue weighted by atomic mass is 19.1. The molecule has 0 aromatic heterocycles. The fourth-order valence-corrected chi connectivity index (χ4v) is 3.27. The van der Waals surface area contributed by atoms with Crippen molar-refractivity contribution < 1.29 is 38.0 Å². The van der Waals surface area contributed by atoms with Crippen LogP contribution in [0.1, 0.15) is 31.4 Å². The number of carbonyl (C=O) groups excluding carboxylic acids is 1. The molecule has 1 N–H and O–H groups in total. The van der Waals surface area contributed by atoms with Crippen molar-refractivity contribution in [2.45, 2.75) is 39.4 Å². The van der Waals surface area contributed by atoms with E-state index in [4.69, 9.17) is 18.9 Å². The van der Waals surface area contributed by atoms with Gasteiger partial charge in [-0.15, -0.1) is 0 Å². The summed E-state index contributed by atoms with van der Waals surface area (Å²) >= 11 is 0. The third-order valence-electron chi connectivity index (χ3n) is 5.04. The second-order valence-corrected chi connectivity index (χ2v) is 7.70. The second-order valence-electron chi connectivity index (χ2n) is 7.70. The summed E-state index contributed by atoms with van der Waals surface area (Å²) in [6.45, 7) is 5.97. The maximum atomic E-state index is 13.0. The van der Waals surface area contributed by atoms with E-state index in [1.54, 1.807) is 55.1 Å². The van der Waals surface area contributed by atoms with Crippen molar-refractivity contribution in [2.75, 3.05) is 39.5 Å². The quantitative estimate of drug-likeness (QED) is 0.350. The van der Waals surface area contributed by atoms with Gasteiger partial charge in [0, 0.05) is 26.2 Å². The van der Waals surface area contributed by atoms with Crippen LogP contribution in [0.5, 0.6) is 5.75 Å². The van der Waals surface area contributed by atoms with E-state index in [2.05, 4.69) is 0 Å². The van der Waals surface area contributed by atoms with E-state index in [9.17, 15) is 19.1 Å². The van der Waals surface area contributed by atoms with Crippen molar-refractivity contribution in [1.82, 2.24) is 4.90 Å². The molecule has 2 aromatic carbocycles. The lowest BCUT2D eigenvalue weighted by atomic mass is 10.1. The van der Waals surface area contributed by atoms with E-state index in [-0.39, 0.29) is 25.5 Å². The zero-order valence-corrected chi connectivity index (χ0v) is 20.3. The Morgan fingerprint density at radius 1 is 0.943 bits per heavy atom. The minimum Gasteiger partial charge on any atom is -0.492 e. The lowest BCUT2D eigenvalue weighted by Gasteiger charge is -2.22. The number of ether oxygens (including phenoxy) is 4. The van der Waals surface area contributed by atoms with Crippen LogP contribution in [0.15, 0.2) is 48.5 Å². The van der Waals surface area contributed by atoms with Gasteiger partial charge in [-0.25, -0.2) is 14.0 Å². The fourth-order valence-electron chi connectivity index (χ4n) is 3.27. The number of carbonyl (C=O) groups is 2. The summed E-state index contributed by atoms with van der Waals surface area (Å²) in [4.78, 5) is 25.1. The van der Waals surface area contributed by atoms with Gasteiger partial charge in [0.05, 0.1) is 19.8 Å². The molecule has 0 spiro atoms. The van der Waals surface area contributed by atoms with Gasteiger partial charge >= 0.3 is 12.1 Å². The summed E-state index contributed by atoms with van der Waals surface area (Å²) in [5.41, 5.74) is 1.71. The van der Waals surface area contributed by atoms with Crippen LogP contribution >= 0.6 is 0 Å². The summed E-state index contributed by atoms with van der Waals surface area (Å²) in [6, 6.07) is 13.3. The zero-order chi connectivity index (χ0) is 25.5. The Morgan fingerprint density at radius 3 is 2.26 bits per heavy atom. The Balaban J connectivity index is 1.76. The van der Waals surface area contributed by atoms with Crippen LogP contribution in [-0.2, 0) is 32.0 Å². The Labute approximate surface area is 205 Å². The number of rotatable bonds is 16. The number of hydrogen-bond acceptors (Lipinski definition) is 6. The number of carboxylic acid groups (broad SMARTS) is 1. The zero-order valence-electron chi connectivity index (χ0n) is 20.3. The van der Waals surface area contributed by atoms with Gasteiger partial charge in [-0.3, -0.25) is 0 Å². The Bertz CT molecular complexity index is 890. The van der Waals surface area contributed by atoms with Crippen LogP contribution in [0.3, 0.4) is 0 Å². The number of nitrogens with zero attached hydrogens (tertiary/aromatic N) is 1. The van der Waals surface area contributed by atoms with Gasteiger partial charge in [-0.1, -0.05) is 24.3 Å². The normalized spacial score (nSPS) is 11.6. The standard InChI is InChI=1S/C26H34FNO7/c1-3-33-24(25(29)30)18-20-8-12-23(13-9-20)35-17-15-28(26(31)34-4-2)14-5-16-32-19-21-6-10-22(27)11-7-21/h6-13,24H,3-5,14-19H2,1-2H3,(H,29,30). The predicted octanol–water partition coefficient (Wildman–Crippen LogP) is 4.30. The molecule has 0 heterocycles. The Kier molecular flexibility index (Phi) is 12.6. The number of halogens is 1. The Morgan fingerprint density at radius 2 is 1.63 bits per heavy atom. The molecule has 2 rings (SSSR count). The molecule has 0 saturated heterocycles. The van der Waals surface area contributed by atoms with Gasteiger partial charge in [0.1, 0.15) is 18.2 Å². The monoisotopic (exact) mass is 491 g/mol. The second kappa shape index (κ2) is 15.7. The smallest absolute Gasteiger partial charge is 0.409 e. The summed E-state index contributed by atoms with van der Waals surface area (Å²) in [6.07, 6.45) is -0.423. The van der Waals surface area contributed by atoms with E-state index < -0.39 is 18.2 Å². The topological polar surface area (TPSA) is 94.5 Å². The van der Waals surface area contributed by atoms with Gasteiger partial charge < -0.3 is 29.0 Å². The highest BCUT2D eigenvalue weighted by molar-refractivity contribution is 5.72. The van der Waals surface area contributed by atoms with Crippen molar-refractivity contribution in [1.29, 1.82) is 0 Å². The summed E-state index contributed by atoms with van der Waals surface area (Å²) in [7, 11) is 0. The minimum absolute atomic E-state index is 0.267. The van der Waals surface area contributed by atoms with Gasteiger partial charge in [0.2, 0.25) is 0 Å². The number of carboxylic acids is 1. The molecule has 0 aliphatic rings. The average molecular weight is 492 g/mol. The van der Waals surface area contributed by atoms with Crippen LogP contribution in [0.4, 0.5) is 9.18 Å². The van der Waals surface area contributed by atoms with Crippen LogP contribution in [0, 0.1) is 5.82 Å². The van der Waals surface area contributed by atoms with Crippen molar-refractivity contribution in [3.63, 3.8) is 0 Å². The highest BCUT2D eigenvalue weighted by Crippen LogP contribution is 2.15. The van der Waals surface area contributed by atoms with Crippen molar-refractivity contribution >= 4 is 12.1 Å². The SMILES string of the molecule is CCOC(=O)N(CCCOCc1ccc(F)cc1)CCOc1ccc(CC(OCC)C(=O)O)cc1. The van der Waals surface area contributed by atoms with Gasteiger partial charge in [-0.2, -0.15) is 0 Å². The number of aliphatic carboxylic acids is 1. The molecule has 1 unspecified atom stereocenters.